The Kier molecular flexibility index (Phi) is 2.95. The average Bonchev–Trinajstić information content (AvgIpc) is 2.80. The first-order chi connectivity index (χ1) is 7.40. The molecule has 0 saturated heterocycles. The summed E-state index contributed by atoms with van der Waals surface area (Å²) in [6, 6.07) is 8.22. The van der Waals surface area contributed by atoms with Gasteiger partial charge in [0.25, 0.3) is 0 Å². The maximum atomic E-state index is 5.38. The molecule has 76 valence electrons. The summed E-state index contributed by atoms with van der Waals surface area (Å²) in [6.45, 7) is 0.573. The van der Waals surface area contributed by atoms with Crippen molar-refractivity contribution in [2.75, 3.05) is 6.54 Å². The molecule has 0 bridgehead atoms. The second-order valence-electron chi connectivity index (χ2n) is 3.20. The van der Waals surface area contributed by atoms with Gasteiger partial charge in [0.15, 0.2) is 0 Å². The first-order valence-electron chi connectivity index (χ1n) is 4.85. The Morgan fingerprint density at radius 1 is 1.27 bits per heavy atom. The van der Waals surface area contributed by atoms with Crippen LogP contribution in [0.3, 0.4) is 0 Å². The van der Waals surface area contributed by atoms with E-state index in [-0.39, 0.29) is 0 Å². The smallest absolute Gasteiger partial charge is 0.0991 e. The van der Waals surface area contributed by atoms with Crippen molar-refractivity contribution in [2.24, 2.45) is 5.73 Å². The topological polar surface area (TPSA) is 43.8 Å². The van der Waals surface area contributed by atoms with E-state index < -0.39 is 0 Å². The van der Waals surface area contributed by atoms with Gasteiger partial charge in [-0.25, -0.2) is 4.98 Å². The third kappa shape index (κ3) is 2.33. The average molecular weight is 199 g/mol. The summed E-state index contributed by atoms with van der Waals surface area (Å²) in [5.74, 6) is 0. The second-order valence-corrected chi connectivity index (χ2v) is 3.20. The standard InChI is InChI=1S/C12H13N3/c13-7-1-2-11-3-5-12(6-4-11)15-9-8-14-10-15/h1-6,8-10H,7,13H2. The Balaban J connectivity index is 2.21. The molecular formula is C12H13N3. The zero-order valence-electron chi connectivity index (χ0n) is 8.38. The van der Waals surface area contributed by atoms with E-state index in [0.29, 0.717) is 6.54 Å². The Hall–Kier alpha value is -1.87. The fraction of sp³-hybridized carbons (Fsp3) is 0.0833. The van der Waals surface area contributed by atoms with E-state index in [1.807, 2.05) is 22.9 Å². The molecule has 0 aliphatic rings. The monoisotopic (exact) mass is 199 g/mol. The summed E-state index contributed by atoms with van der Waals surface area (Å²) >= 11 is 0. The highest BCUT2D eigenvalue weighted by Crippen LogP contribution is 2.10. The number of rotatable bonds is 3. The minimum absolute atomic E-state index is 0.573. The molecule has 0 aliphatic heterocycles. The molecule has 3 nitrogen and oxygen atoms in total. The normalized spacial score (nSPS) is 11.0. The van der Waals surface area contributed by atoms with Gasteiger partial charge < -0.3 is 10.3 Å². The molecule has 2 aromatic rings. The van der Waals surface area contributed by atoms with Crippen LogP contribution in [0.25, 0.3) is 11.8 Å². The van der Waals surface area contributed by atoms with E-state index in [1.165, 1.54) is 0 Å². The van der Waals surface area contributed by atoms with Crippen molar-refractivity contribution >= 4 is 6.08 Å². The van der Waals surface area contributed by atoms with E-state index in [2.05, 4.69) is 29.2 Å². The van der Waals surface area contributed by atoms with Crippen LogP contribution < -0.4 is 5.73 Å². The molecule has 1 aromatic heterocycles. The predicted octanol–water partition coefficient (Wildman–Crippen LogP) is 1.84. The van der Waals surface area contributed by atoms with E-state index in [0.717, 1.165) is 11.3 Å². The van der Waals surface area contributed by atoms with Crippen molar-refractivity contribution < 1.29 is 0 Å². The zero-order valence-corrected chi connectivity index (χ0v) is 8.38. The number of hydrogen-bond donors (Lipinski definition) is 1. The Morgan fingerprint density at radius 3 is 2.67 bits per heavy atom. The molecule has 1 aromatic carbocycles. The van der Waals surface area contributed by atoms with Gasteiger partial charge in [0.2, 0.25) is 0 Å². The summed E-state index contributed by atoms with van der Waals surface area (Å²) < 4.78 is 1.97. The Labute approximate surface area is 88.9 Å². The zero-order chi connectivity index (χ0) is 10.5. The largest absolute Gasteiger partial charge is 0.327 e. The highest BCUT2D eigenvalue weighted by molar-refractivity contribution is 5.51. The molecule has 0 fully saturated rings. The molecule has 3 heteroatoms. The fourth-order valence-corrected chi connectivity index (χ4v) is 1.37. The van der Waals surface area contributed by atoms with Gasteiger partial charge in [-0.3, -0.25) is 0 Å². The third-order valence-electron chi connectivity index (χ3n) is 2.14. The predicted molar refractivity (Wildman–Crippen MR) is 61.7 cm³/mol. The molecule has 2 rings (SSSR count). The molecule has 0 radical (unpaired) electrons. The third-order valence-corrected chi connectivity index (χ3v) is 2.14. The number of benzene rings is 1. The van der Waals surface area contributed by atoms with Crippen LogP contribution in [-0.4, -0.2) is 16.1 Å². The first-order valence-corrected chi connectivity index (χ1v) is 4.85. The van der Waals surface area contributed by atoms with Crippen LogP contribution in [0, 0.1) is 0 Å². The van der Waals surface area contributed by atoms with Crippen LogP contribution in [0.4, 0.5) is 0 Å². The first kappa shape index (κ1) is 9.68. The lowest BCUT2D eigenvalue weighted by molar-refractivity contribution is 1.06. The molecule has 0 unspecified atom stereocenters. The van der Waals surface area contributed by atoms with Crippen molar-refractivity contribution in [3.05, 3.63) is 54.6 Å². The minimum Gasteiger partial charge on any atom is -0.327 e. The summed E-state index contributed by atoms with van der Waals surface area (Å²) in [7, 11) is 0. The van der Waals surface area contributed by atoms with E-state index >= 15 is 0 Å². The number of nitrogens with zero attached hydrogens (tertiary/aromatic N) is 2. The van der Waals surface area contributed by atoms with E-state index in [4.69, 9.17) is 5.73 Å². The van der Waals surface area contributed by atoms with Gasteiger partial charge in [-0.1, -0.05) is 24.3 Å². The van der Waals surface area contributed by atoms with Crippen LogP contribution in [0.15, 0.2) is 49.1 Å². The maximum absolute atomic E-state index is 5.38. The number of aromatic nitrogens is 2. The fourth-order valence-electron chi connectivity index (χ4n) is 1.37. The van der Waals surface area contributed by atoms with Crippen molar-refractivity contribution in [1.29, 1.82) is 0 Å². The molecular weight excluding hydrogens is 186 g/mol. The lowest BCUT2D eigenvalue weighted by Crippen LogP contribution is -1.92. The maximum Gasteiger partial charge on any atom is 0.0991 e. The van der Waals surface area contributed by atoms with Crippen LogP contribution in [0.5, 0.6) is 0 Å². The summed E-state index contributed by atoms with van der Waals surface area (Å²) in [5.41, 5.74) is 7.65. The van der Waals surface area contributed by atoms with Crippen molar-refractivity contribution in [2.45, 2.75) is 0 Å². The van der Waals surface area contributed by atoms with Crippen molar-refractivity contribution in [1.82, 2.24) is 9.55 Å². The summed E-state index contributed by atoms with van der Waals surface area (Å²) in [6.07, 6.45) is 9.42. The molecule has 0 atom stereocenters. The van der Waals surface area contributed by atoms with Gasteiger partial charge in [0.1, 0.15) is 0 Å². The lowest BCUT2D eigenvalue weighted by atomic mass is 10.2. The van der Waals surface area contributed by atoms with Gasteiger partial charge in [-0.05, 0) is 17.7 Å². The molecule has 0 aliphatic carbocycles. The molecule has 0 amide bonds. The Morgan fingerprint density at radius 2 is 2.07 bits per heavy atom. The van der Waals surface area contributed by atoms with Crippen LogP contribution in [0.2, 0.25) is 0 Å². The molecule has 2 N–H and O–H groups in total. The SMILES string of the molecule is NCC=Cc1ccc(-n2ccnc2)cc1. The molecule has 0 saturated carbocycles. The van der Waals surface area contributed by atoms with Crippen molar-refractivity contribution in [3.8, 4) is 5.69 Å². The highest BCUT2D eigenvalue weighted by atomic mass is 15.0. The van der Waals surface area contributed by atoms with Gasteiger partial charge in [-0.2, -0.15) is 0 Å². The van der Waals surface area contributed by atoms with Crippen molar-refractivity contribution in [3.63, 3.8) is 0 Å². The van der Waals surface area contributed by atoms with E-state index in [9.17, 15) is 0 Å². The minimum atomic E-state index is 0.573. The second kappa shape index (κ2) is 4.57. The van der Waals surface area contributed by atoms with Gasteiger partial charge in [0, 0.05) is 24.6 Å². The number of nitrogens with two attached hydrogens (primary N) is 1. The van der Waals surface area contributed by atoms with Gasteiger partial charge >= 0.3 is 0 Å². The summed E-state index contributed by atoms with van der Waals surface area (Å²) in [5, 5.41) is 0. The lowest BCUT2D eigenvalue weighted by Gasteiger charge is -2.01. The molecule has 15 heavy (non-hydrogen) atoms. The quantitative estimate of drug-likeness (QED) is 0.819. The Bertz CT molecular complexity index is 426. The van der Waals surface area contributed by atoms with Crippen LogP contribution >= 0.6 is 0 Å². The summed E-state index contributed by atoms with van der Waals surface area (Å²) in [4.78, 5) is 4.00. The highest BCUT2D eigenvalue weighted by Gasteiger charge is 1.93. The molecule has 1 heterocycles. The van der Waals surface area contributed by atoms with E-state index in [1.54, 1.807) is 12.5 Å². The molecule has 0 spiro atoms. The van der Waals surface area contributed by atoms with Crippen LogP contribution in [0.1, 0.15) is 5.56 Å². The number of imidazole rings is 1. The van der Waals surface area contributed by atoms with Crippen LogP contribution in [-0.2, 0) is 0 Å². The number of hydrogen-bond acceptors (Lipinski definition) is 2. The van der Waals surface area contributed by atoms with Gasteiger partial charge in [0.05, 0.1) is 6.33 Å². The van der Waals surface area contributed by atoms with Gasteiger partial charge in [-0.15, -0.1) is 0 Å².